The van der Waals surface area contributed by atoms with Crippen LogP contribution in [0.1, 0.15) is 78.1 Å². The lowest BCUT2D eigenvalue weighted by atomic mass is 9.47. The van der Waals surface area contributed by atoms with Crippen molar-refractivity contribution in [1.29, 1.82) is 0 Å². The number of aromatic nitrogens is 1. The first kappa shape index (κ1) is 23.9. The molecule has 1 aromatic heterocycles. The topological polar surface area (TPSA) is 115 Å². The maximum Gasteiger partial charge on any atom is 0.333 e. The zero-order valence-corrected chi connectivity index (χ0v) is 20.5. The number of allylic oxidation sites excluding steroid dienone is 1. The molecule has 2 N–H and O–H groups in total. The minimum Gasteiger partial charge on any atom is -0.492 e. The van der Waals surface area contributed by atoms with Crippen molar-refractivity contribution in [3.63, 3.8) is 0 Å². The molecule has 5 rings (SSSR count). The van der Waals surface area contributed by atoms with E-state index in [9.17, 15) is 24.6 Å². The summed E-state index contributed by atoms with van der Waals surface area (Å²) < 4.78 is 6.55. The number of hydrogen-bond donors (Lipinski definition) is 2. The van der Waals surface area contributed by atoms with Crippen LogP contribution in [0.15, 0.2) is 23.8 Å². The van der Waals surface area contributed by atoms with E-state index < -0.39 is 23.7 Å². The highest BCUT2D eigenvalue weighted by Crippen LogP contribution is 2.65. The van der Waals surface area contributed by atoms with Gasteiger partial charge in [0.15, 0.2) is 5.78 Å². The third kappa shape index (κ3) is 4.04. The molecule has 190 valence electrons. The van der Waals surface area contributed by atoms with Crippen LogP contribution in [0.3, 0.4) is 0 Å². The van der Waals surface area contributed by atoms with E-state index in [1.54, 1.807) is 0 Å². The van der Waals surface area contributed by atoms with Crippen molar-refractivity contribution in [2.75, 3.05) is 0 Å². The Kier molecular flexibility index (Phi) is 5.96. The third-order valence-corrected chi connectivity index (χ3v) is 9.67. The molecule has 0 radical (unpaired) electrons. The first-order valence-electron chi connectivity index (χ1n) is 12.9. The van der Waals surface area contributed by atoms with Gasteiger partial charge in [-0.1, -0.05) is 19.4 Å². The quantitative estimate of drug-likeness (QED) is 0.604. The number of carbonyl (C=O) groups is 3. The lowest BCUT2D eigenvalue weighted by molar-refractivity contribution is -0.162. The van der Waals surface area contributed by atoms with Gasteiger partial charge in [-0.25, -0.2) is 4.79 Å². The van der Waals surface area contributed by atoms with Crippen LogP contribution in [0, 0.1) is 28.6 Å². The second-order valence-corrected chi connectivity index (χ2v) is 11.4. The van der Waals surface area contributed by atoms with Crippen LogP contribution in [0.5, 0.6) is 11.8 Å². The van der Waals surface area contributed by atoms with E-state index in [2.05, 4.69) is 13.8 Å². The molecule has 3 fully saturated rings. The maximum atomic E-state index is 12.6. The van der Waals surface area contributed by atoms with Crippen LogP contribution < -0.4 is 4.84 Å². The number of ether oxygens (including phenoxy) is 1. The van der Waals surface area contributed by atoms with Gasteiger partial charge in [0, 0.05) is 24.0 Å². The molecule has 0 spiro atoms. The summed E-state index contributed by atoms with van der Waals surface area (Å²) in [5.41, 5.74) is 1.41. The molecule has 1 aromatic rings. The summed E-state index contributed by atoms with van der Waals surface area (Å²) in [6.07, 6.45) is 9.11. The predicted octanol–water partition coefficient (Wildman–Crippen LogP) is 4.08. The third-order valence-electron chi connectivity index (χ3n) is 9.67. The highest BCUT2D eigenvalue weighted by molar-refractivity contribution is 5.91. The fourth-order valence-corrected chi connectivity index (χ4v) is 7.77. The first-order chi connectivity index (χ1) is 16.6. The zero-order valence-electron chi connectivity index (χ0n) is 20.5. The molecule has 6 atom stereocenters. The summed E-state index contributed by atoms with van der Waals surface area (Å²) in [4.78, 5) is 41.6. The van der Waals surface area contributed by atoms with E-state index >= 15 is 0 Å². The van der Waals surface area contributed by atoms with Gasteiger partial charge in [0.1, 0.15) is 6.10 Å². The van der Waals surface area contributed by atoms with Gasteiger partial charge in [-0.2, -0.15) is 0 Å². The molecule has 0 aliphatic heterocycles. The Morgan fingerprint density at radius 1 is 0.971 bits per heavy atom. The highest BCUT2D eigenvalue weighted by Gasteiger charge is 2.59. The van der Waals surface area contributed by atoms with Crippen molar-refractivity contribution in [3.05, 3.63) is 23.8 Å². The Labute approximate surface area is 205 Å². The Bertz CT molecular complexity index is 1050. The summed E-state index contributed by atoms with van der Waals surface area (Å²) in [6.45, 7) is 4.63. The van der Waals surface area contributed by atoms with Crippen LogP contribution in [0.4, 0.5) is 0 Å². The van der Waals surface area contributed by atoms with Crippen molar-refractivity contribution < 1.29 is 34.2 Å². The van der Waals surface area contributed by atoms with Gasteiger partial charge in [0.2, 0.25) is 11.8 Å². The number of rotatable bonds is 5. The van der Waals surface area contributed by atoms with Crippen LogP contribution >= 0.6 is 0 Å². The molecule has 1 unspecified atom stereocenters. The normalized spacial score (nSPS) is 35.9. The lowest BCUT2D eigenvalue weighted by Crippen LogP contribution is -2.51. The standard InChI is InChI=1S/C27H35NO7/c1-26-13-11-17(29)15-16(26)3-4-18-19-5-6-21(27(19,2)14-12-20(18)26)34-24(32)9-10-25(33)35-28-22(30)7-8-23(28)31/h7-8,15,18-21,30-31H,3-6,9-14H2,1-2H3/t18-,19-,20+,21?,26-,27-/m0/s1. The number of fused-ring (bicyclic) bond motifs is 5. The second kappa shape index (κ2) is 8.71. The van der Waals surface area contributed by atoms with Crippen molar-refractivity contribution in [1.82, 2.24) is 4.73 Å². The smallest absolute Gasteiger partial charge is 0.333 e. The van der Waals surface area contributed by atoms with Gasteiger partial charge in [-0.3, -0.25) is 9.59 Å². The van der Waals surface area contributed by atoms with Gasteiger partial charge in [0.05, 0.1) is 12.8 Å². The van der Waals surface area contributed by atoms with E-state index in [0.717, 1.165) is 44.9 Å². The number of hydrogen-bond acceptors (Lipinski definition) is 7. The minimum absolute atomic E-state index is 0.0673. The summed E-state index contributed by atoms with van der Waals surface area (Å²) in [5, 5.41) is 19.2. The Hall–Kier alpha value is -2.77. The minimum atomic E-state index is -0.745. The van der Waals surface area contributed by atoms with E-state index in [4.69, 9.17) is 9.57 Å². The molecular formula is C27H35NO7. The van der Waals surface area contributed by atoms with Crippen molar-refractivity contribution in [2.45, 2.75) is 84.2 Å². The number of esters is 1. The van der Waals surface area contributed by atoms with E-state index in [-0.39, 0.29) is 35.6 Å². The summed E-state index contributed by atoms with van der Waals surface area (Å²) >= 11 is 0. The van der Waals surface area contributed by atoms with Crippen LogP contribution in [0.2, 0.25) is 0 Å². The highest BCUT2D eigenvalue weighted by atomic mass is 16.7. The van der Waals surface area contributed by atoms with Gasteiger partial charge in [-0.15, -0.1) is 4.73 Å². The lowest BCUT2D eigenvalue weighted by Gasteiger charge is -2.57. The second-order valence-electron chi connectivity index (χ2n) is 11.4. The van der Waals surface area contributed by atoms with Gasteiger partial charge >= 0.3 is 11.9 Å². The predicted molar refractivity (Wildman–Crippen MR) is 125 cm³/mol. The monoisotopic (exact) mass is 485 g/mol. The van der Waals surface area contributed by atoms with Crippen LogP contribution in [0.25, 0.3) is 0 Å². The van der Waals surface area contributed by atoms with Gasteiger partial charge in [-0.05, 0) is 74.2 Å². The molecule has 8 heteroatoms. The number of ketones is 1. The molecule has 4 aliphatic carbocycles. The molecule has 0 saturated heterocycles. The number of carbonyl (C=O) groups excluding carboxylic acids is 3. The molecule has 1 heterocycles. The van der Waals surface area contributed by atoms with Crippen molar-refractivity contribution >= 4 is 17.7 Å². The molecule has 4 aliphatic rings. The SMILES string of the molecule is C[C@]12CCC(=O)C=C1CC[C@@H]1[C@H]2CC[C@]2(C)C(OC(=O)CCC(=O)On3c(O)ccc3O)CC[C@@H]12. The average Bonchev–Trinajstić information content (AvgIpc) is 3.31. The number of nitrogens with zero attached hydrogens (tertiary/aromatic N) is 1. The summed E-state index contributed by atoms with van der Waals surface area (Å²) in [7, 11) is 0. The van der Waals surface area contributed by atoms with E-state index in [0.29, 0.717) is 28.9 Å². The first-order valence-corrected chi connectivity index (χ1v) is 12.9. The van der Waals surface area contributed by atoms with Crippen LogP contribution in [-0.2, 0) is 19.1 Å². The molecule has 0 bridgehead atoms. The molecule has 0 amide bonds. The molecule has 35 heavy (non-hydrogen) atoms. The Balaban J connectivity index is 1.19. The van der Waals surface area contributed by atoms with E-state index in [1.165, 1.54) is 17.7 Å². The van der Waals surface area contributed by atoms with Crippen molar-refractivity contribution in [2.24, 2.45) is 28.6 Å². The Morgan fingerprint density at radius 3 is 2.43 bits per heavy atom. The van der Waals surface area contributed by atoms with Crippen LogP contribution in [-0.4, -0.2) is 38.8 Å². The van der Waals surface area contributed by atoms with Crippen molar-refractivity contribution in [3.8, 4) is 11.8 Å². The van der Waals surface area contributed by atoms with Gasteiger partial charge < -0.3 is 19.8 Å². The van der Waals surface area contributed by atoms with Gasteiger partial charge in [0.25, 0.3) is 0 Å². The molecule has 0 aromatic carbocycles. The fraction of sp³-hybridized carbons (Fsp3) is 0.667. The zero-order chi connectivity index (χ0) is 25.0. The molecule has 8 nitrogen and oxygen atoms in total. The summed E-state index contributed by atoms with van der Waals surface area (Å²) in [6, 6.07) is 2.39. The maximum absolute atomic E-state index is 12.6. The Morgan fingerprint density at radius 2 is 1.69 bits per heavy atom. The average molecular weight is 486 g/mol. The number of aromatic hydroxyl groups is 2. The summed E-state index contributed by atoms with van der Waals surface area (Å²) in [5.74, 6) is -0.0384. The van der Waals surface area contributed by atoms with E-state index in [1.807, 2.05) is 6.08 Å². The molecule has 3 saturated carbocycles. The largest absolute Gasteiger partial charge is 0.492 e. The fourth-order valence-electron chi connectivity index (χ4n) is 7.77. The molecular weight excluding hydrogens is 450 g/mol.